The molecule has 5 rings (SSSR count). The number of thioether (sulfide) groups is 1. The lowest BCUT2D eigenvalue weighted by Gasteiger charge is -2.24. The van der Waals surface area contributed by atoms with Gasteiger partial charge in [-0.25, -0.2) is 19.4 Å². The summed E-state index contributed by atoms with van der Waals surface area (Å²) < 4.78 is 7.13. The third-order valence-electron chi connectivity index (χ3n) is 6.30. The normalized spacial score (nSPS) is 23.8. The van der Waals surface area contributed by atoms with Crippen molar-refractivity contribution in [3.63, 3.8) is 0 Å². The monoisotopic (exact) mass is 511 g/mol. The Morgan fingerprint density at radius 2 is 2.00 bits per heavy atom. The Morgan fingerprint density at radius 1 is 1.22 bits per heavy atom. The molecule has 36 heavy (non-hydrogen) atoms. The minimum absolute atomic E-state index is 0.162. The molecule has 0 spiro atoms. The highest BCUT2D eigenvalue weighted by Gasteiger charge is 2.41. The van der Waals surface area contributed by atoms with E-state index in [4.69, 9.17) is 14.7 Å². The molecule has 0 radical (unpaired) electrons. The number of anilines is 1. The predicted molar refractivity (Wildman–Crippen MR) is 138 cm³/mol. The molecular formula is C25H33N7O3S. The van der Waals surface area contributed by atoms with Crippen molar-refractivity contribution in [2.24, 2.45) is 0 Å². The van der Waals surface area contributed by atoms with E-state index in [-0.39, 0.29) is 19.1 Å². The van der Waals surface area contributed by atoms with Crippen LogP contribution in [-0.4, -0.2) is 77.7 Å². The maximum absolute atomic E-state index is 12.6. The van der Waals surface area contributed by atoms with Gasteiger partial charge in [-0.3, -0.25) is 0 Å². The van der Waals surface area contributed by atoms with Crippen LogP contribution in [0.15, 0.2) is 35.5 Å². The minimum atomic E-state index is -0.813. The van der Waals surface area contributed by atoms with Crippen molar-refractivity contribution in [1.82, 2.24) is 29.9 Å². The molecule has 192 valence electrons. The van der Waals surface area contributed by atoms with Crippen LogP contribution in [0.2, 0.25) is 0 Å². The van der Waals surface area contributed by atoms with Gasteiger partial charge in [0.05, 0.1) is 12.6 Å². The molecule has 1 saturated heterocycles. The number of carbonyl (C=O) groups is 1. The van der Waals surface area contributed by atoms with E-state index in [1.54, 1.807) is 16.4 Å². The lowest BCUT2D eigenvalue weighted by molar-refractivity contribution is 0.0269. The number of nitrogens with one attached hydrogen (secondary N) is 1. The number of likely N-dealkylation sites (tertiary alicyclic amines) is 1. The zero-order valence-corrected chi connectivity index (χ0v) is 21.9. The molecule has 1 saturated carbocycles. The Hall–Kier alpha value is -2.92. The number of fused-ring (bicyclic) bond motifs is 1. The van der Waals surface area contributed by atoms with Crippen molar-refractivity contribution in [3.05, 3.63) is 35.9 Å². The third kappa shape index (κ3) is 5.27. The number of amides is 1. The van der Waals surface area contributed by atoms with Crippen molar-refractivity contribution in [1.29, 1.82) is 0 Å². The van der Waals surface area contributed by atoms with Gasteiger partial charge in [0.2, 0.25) is 0 Å². The van der Waals surface area contributed by atoms with Crippen molar-refractivity contribution in [2.75, 3.05) is 24.2 Å². The molecule has 1 aliphatic heterocycles. The number of rotatable bonds is 7. The number of aliphatic hydroxyl groups excluding tert-OH is 1. The number of benzene rings is 1. The molecule has 2 fully saturated rings. The van der Waals surface area contributed by atoms with Gasteiger partial charge in [0.15, 0.2) is 22.1 Å². The molecule has 0 bridgehead atoms. The fraction of sp³-hybridized carbons (Fsp3) is 0.560. The Bertz CT molecular complexity index is 1230. The molecule has 1 aliphatic carbocycles. The highest BCUT2D eigenvalue weighted by atomic mass is 32.2. The Morgan fingerprint density at radius 3 is 2.72 bits per heavy atom. The van der Waals surface area contributed by atoms with Crippen LogP contribution >= 0.6 is 11.8 Å². The smallest absolute Gasteiger partial charge is 0.410 e. The van der Waals surface area contributed by atoms with Crippen LogP contribution in [0.25, 0.3) is 11.2 Å². The van der Waals surface area contributed by atoms with Gasteiger partial charge in [-0.1, -0.05) is 54.2 Å². The van der Waals surface area contributed by atoms with E-state index in [1.165, 1.54) is 10.5 Å². The molecular weight excluding hydrogens is 478 g/mol. The maximum atomic E-state index is 12.6. The summed E-state index contributed by atoms with van der Waals surface area (Å²) in [7, 11) is 0. The van der Waals surface area contributed by atoms with Gasteiger partial charge in [-0.05, 0) is 39.2 Å². The first-order valence-corrected chi connectivity index (χ1v) is 13.4. The second kappa shape index (κ2) is 9.85. The summed E-state index contributed by atoms with van der Waals surface area (Å²) in [6.07, 6.45) is 0.751. The highest BCUT2D eigenvalue weighted by molar-refractivity contribution is 7.99. The topological polar surface area (TPSA) is 118 Å². The van der Waals surface area contributed by atoms with Crippen LogP contribution in [0, 0.1) is 0 Å². The van der Waals surface area contributed by atoms with Crippen LogP contribution < -0.4 is 5.32 Å². The summed E-state index contributed by atoms with van der Waals surface area (Å²) in [4.78, 5) is 23.6. The Labute approximate surface area is 214 Å². The minimum Gasteiger partial charge on any atom is -0.444 e. The molecule has 0 unspecified atom stereocenters. The zero-order chi connectivity index (χ0) is 25.4. The van der Waals surface area contributed by atoms with Gasteiger partial charge < -0.3 is 20.1 Å². The van der Waals surface area contributed by atoms with Gasteiger partial charge in [0.1, 0.15) is 11.6 Å². The largest absolute Gasteiger partial charge is 0.444 e. The van der Waals surface area contributed by atoms with Gasteiger partial charge in [0, 0.05) is 24.3 Å². The molecule has 3 aromatic rings. The fourth-order valence-electron chi connectivity index (χ4n) is 4.48. The summed E-state index contributed by atoms with van der Waals surface area (Å²) in [6.45, 7) is 8.01. The van der Waals surface area contributed by atoms with E-state index in [0.717, 1.165) is 18.6 Å². The first kappa shape index (κ1) is 24.8. The SMILES string of the molecule is CCCSc1nc(N[C@H]2C[C@@H]2c2ccccc2)c2nnn([C@H]3CN(C(=O)OC(C)(C)C)C[C@@H]3O)c2n1. The summed E-state index contributed by atoms with van der Waals surface area (Å²) in [6, 6.07) is 10.2. The average molecular weight is 512 g/mol. The van der Waals surface area contributed by atoms with E-state index < -0.39 is 23.8 Å². The van der Waals surface area contributed by atoms with E-state index >= 15 is 0 Å². The number of nitrogens with zero attached hydrogens (tertiary/aromatic N) is 6. The van der Waals surface area contributed by atoms with E-state index in [1.807, 2.05) is 26.8 Å². The average Bonchev–Trinajstić information content (AvgIpc) is 3.29. The van der Waals surface area contributed by atoms with Crippen molar-refractivity contribution in [3.8, 4) is 0 Å². The second-order valence-corrected chi connectivity index (χ2v) is 11.5. The van der Waals surface area contributed by atoms with Crippen molar-refractivity contribution < 1.29 is 14.6 Å². The van der Waals surface area contributed by atoms with Crippen LogP contribution in [-0.2, 0) is 4.74 Å². The zero-order valence-electron chi connectivity index (χ0n) is 21.1. The van der Waals surface area contributed by atoms with Crippen LogP contribution in [0.1, 0.15) is 58.1 Å². The third-order valence-corrected chi connectivity index (χ3v) is 7.36. The Balaban J connectivity index is 1.41. The van der Waals surface area contributed by atoms with E-state index in [2.05, 4.69) is 46.8 Å². The molecule has 2 aromatic heterocycles. The molecule has 11 heteroatoms. The summed E-state index contributed by atoms with van der Waals surface area (Å²) in [5.74, 6) is 1.97. The predicted octanol–water partition coefficient (Wildman–Crippen LogP) is 3.84. The van der Waals surface area contributed by atoms with Gasteiger partial charge >= 0.3 is 6.09 Å². The number of aromatic nitrogens is 5. The van der Waals surface area contributed by atoms with Crippen molar-refractivity contribution >= 4 is 34.8 Å². The highest BCUT2D eigenvalue weighted by Crippen LogP contribution is 2.43. The molecule has 3 heterocycles. The summed E-state index contributed by atoms with van der Waals surface area (Å²) >= 11 is 1.58. The summed E-state index contributed by atoms with van der Waals surface area (Å²) in [5, 5.41) is 23.8. The maximum Gasteiger partial charge on any atom is 0.410 e. The lowest BCUT2D eigenvalue weighted by atomic mass is 10.1. The van der Waals surface area contributed by atoms with Gasteiger partial charge in [0.25, 0.3) is 0 Å². The fourth-order valence-corrected chi connectivity index (χ4v) is 5.17. The standard InChI is InChI=1S/C25H33N7O3S/c1-5-11-36-23-27-21(26-17-12-16(17)15-9-7-6-8-10-15)20-22(28-23)32(30-29-20)18-13-31(14-19(18)33)24(34)35-25(2,3)4/h6-10,16-19,33H,5,11-14H2,1-4H3,(H,26,27,28)/t16-,17+,18+,19+/m1/s1. The first-order valence-electron chi connectivity index (χ1n) is 12.5. The molecule has 1 amide bonds. The number of ether oxygens (including phenoxy) is 1. The molecule has 4 atom stereocenters. The van der Waals surface area contributed by atoms with Gasteiger partial charge in [-0.2, -0.15) is 0 Å². The Kier molecular flexibility index (Phi) is 6.78. The summed E-state index contributed by atoms with van der Waals surface area (Å²) in [5.41, 5.74) is 1.82. The van der Waals surface area contributed by atoms with Crippen LogP contribution in [0.5, 0.6) is 0 Å². The number of β-amino-alcohol motifs (C(OH)–C–C–N with tert-alkyl or cyclic N) is 1. The van der Waals surface area contributed by atoms with Crippen molar-refractivity contribution in [2.45, 2.75) is 75.4 Å². The quantitative estimate of drug-likeness (QED) is 0.360. The van der Waals surface area contributed by atoms with Crippen LogP contribution in [0.4, 0.5) is 10.6 Å². The lowest BCUT2D eigenvalue weighted by Crippen LogP contribution is -2.36. The van der Waals surface area contributed by atoms with Gasteiger partial charge in [-0.15, -0.1) is 5.10 Å². The van der Waals surface area contributed by atoms with E-state index in [0.29, 0.717) is 28.1 Å². The van der Waals surface area contributed by atoms with E-state index in [9.17, 15) is 9.90 Å². The molecule has 2 aliphatic rings. The molecule has 1 aromatic carbocycles. The van der Waals surface area contributed by atoms with Crippen LogP contribution in [0.3, 0.4) is 0 Å². The second-order valence-electron chi connectivity index (χ2n) is 10.4. The number of hydrogen-bond acceptors (Lipinski definition) is 9. The first-order chi connectivity index (χ1) is 17.2. The number of aliphatic hydroxyl groups is 1. The number of carbonyl (C=O) groups excluding carboxylic acids is 1. The molecule has 2 N–H and O–H groups in total. The number of hydrogen-bond donors (Lipinski definition) is 2. The molecule has 10 nitrogen and oxygen atoms in total.